The van der Waals surface area contributed by atoms with Gasteiger partial charge in [-0.25, -0.2) is 4.79 Å². The van der Waals surface area contributed by atoms with E-state index in [0.29, 0.717) is 16.8 Å². The van der Waals surface area contributed by atoms with Crippen LogP contribution in [0.15, 0.2) is 47.5 Å². The minimum Gasteiger partial charge on any atom is -0.463 e. The van der Waals surface area contributed by atoms with E-state index >= 15 is 0 Å². The second-order valence-corrected chi connectivity index (χ2v) is 6.68. The largest absolute Gasteiger partial charge is 0.463 e. The molecule has 1 heterocycles. The number of esters is 1. The summed E-state index contributed by atoms with van der Waals surface area (Å²) in [7, 11) is 0. The van der Waals surface area contributed by atoms with Gasteiger partial charge < -0.3 is 10.1 Å². The van der Waals surface area contributed by atoms with Crippen LogP contribution in [0.4, 0.5) is 24.5 Å². The lowest BCUT2D eigenvalue weighted by Gasteiger charge is -2.13. The molecule has 1 amide bonds. The van der Waals surface area contributed by atoms with Gasteiger partial charge in [-0.2, -0.15) is 13.2 Å². The Balaban J connectivity index is 1.99. The molecule has 0 aliphatic carbocycles. The fourth-order valence-electron chi connectivity index (χ4n) is 3.07. The van der Waals surface area contributed by atoms with E-state index in [1.807, 2.05) is 0 Å². The zero-order valence-corrected chi connectivity index (χ0v) is 16.3. The molecule has 0 aromatic heterocycles. The van der Waals surface area contributed by atoms with E-state index in [2.05, 4.69) is 10.3 Å². The Kier molecular flexibility index (Phi) is 6.05. The van der Waals surface area contributed by atoms with Crippen molar-refractivity contribution in [1.82, 2.24) is 0 Å². The fourth-order valence-corrected chi connectivity index (χ4v) is 3.07. The van der Waals surface area contributed by atoms with Gasteiger partial charge in [-0.05, 0) is 54.8 Å². The van der Waals surface area contributed by atoms with Crippen molar-refractivity contribution in [2.24, 2.45) is 4.99 Å². The number of carbonyl (C=O) groups excluding carboxylic acids is 2. The van der Waals surface area contributed by atoms with Gasteiger partial charge in [-0.15, -0.1) is 0 Å². The van der Waals surface area contributed by atoms with E-state index in [-0.39, 0.29) is 30.0 Å². The van der Waals surface area contributed by atoms with Gasteiger partial charge in [0, 0.05) is 6.08 Å². The highest BCUT2D eigenvalue weighted by atomic mass is 19.4. The molecule has 8 heteroatoms. The first-order chi connectivity index (χ1) is 14.2. The van der Waals surface area contributed by atoms with Crippen molar-refractivity contribution in [3.05, 3.63) is 64.7 Å². The summed E-state index contributed by atoms with van der Waals surface area (Å²) in [6.45, 7) is 3.33. The number of halogens is 3. The van der Waals surface area contributed by atoms with Crippen molar-refractivity contribution in [2.75, 3.05) is 11.9 Å². The first-order valence-corrected chi connectivity index (χ1v) is 9.22. The van der Waals surface area contributed by atoms with Crippen LogP contribution in [0.5, 0.6) is 0 Å². The van der Waals surface area contributed by atoms with Gasteiger partial charge in [-0.3, -0.25) is 9.79 Å². The second-order valence-electron chi connectivity index (χ2n) is 6.68. The Morgan fingerprint density at radius 3 is 2.73 bits per heavy atom. The number of ether oxygens (including phenoxy) is 1. The number of aliphatic imine (C=N–C) groups is 1. The summed E-state index contributed by atoms with van der Waals surface area (Å²) in [4.78, 5) is 28.3. The van der Waals surface area contributed by atoms with E-state index < -0.39 is 23.6 Å². The van der Waals surface area contributed by atoms with Gasteiger partial charge in [0.15, 0.2) is 0 Å². The molecule has 5 nitrogen and oxygen atoms in total. The van der Waals surface area contributed by atoms with Crippen molar-refractivity contribution in [3.63, 3.8) is 0 Å². The molecule has 0 bridgehead atoms. The van der Waals surface area contributed by atoms with Crippen LogP contribution in [0, 0.1) is 6.92 Å². The Hall–Kier alpha value is -3.42. The standard InChI is InChI=1S/C22H19F3N2O3/c1-3-30-21(29)8-7-14-5-4-6-15(10-14)17-12-20(28)27-19-11-16(22(23,24)25)13(2)9-18(19)26-17/h4-11H,3,12H2,1-2H3,(H,27,28). The number of carbonyl (C=O) groups is 2. The SMILES string of the molecule is CCOC(=O)C=Cc1cccc(C2=Nc3cc(C)c(C(F)(F)F)cc3NC(=O)C2)c1. The Labute approximate surface area is 171 Å². The molecule has 1 N–H and O–H groups in total. The molecule has 0 spiro atoms. The number of aryl methyl sites for hydroxylation is 1. The fraction of sp³-hybridized carbons (Fsp3) is 0.227. The number of hydrogen-bond donors (Lipinski definition) is 1. The maximum absolute atomic E-state index is 13.2. The lowest BCUT2D eigenvalue weighted by molar-refractivity contribution is -0.138. The van der Waals surface area contributed by atoms with Crippen LogP contribution in [-0.4, -0.2) is 24.2 Å². The molecule has 2 aromatic carbocycles. The molecular weight excluding hydrogens is 397 g/mol. The van der Waals surface area contributed by atoms with Gasteiger partial charge >= 0.3 is 12.1 Å². The van der Waals surface area contributed by atoms with Crippen molar-refractivity contribution in [1.29, 1.82) is 0 Å². The van der Waals surface area contributed by atoms with Crippen LogP contribution in [0.3, 0.4) is 0 Å². The second kappa shape index (κ2) is 8.52. The average molecular weight is 416 g/mol. The van der Waals surface area contributed by atoms with Crippen molar-refractivity contribution in [3.8, 4) is 0 Å². The third-order valence-electron chi connectivity index (χ3n) is 4.42. The molecular formula is C22H19F3N2O3. The molecule has 0 saturated heterocycles. The van der Waals surface area contributed by atoms with E-state index in [1.54, 1.807) is 37.3 Å². The number of hydrogen-bond acceptors (Lipinski definition) is 4. The minimum absolute atomic E-state index is 0.0197. The molecule has 0 radical (unpaired) electrons. The summed E-state index contributed by atoms with van der Waals surface area (Å²) < 4.78 is 44.4. The number of alkyl halides is 3. The average Bonchev–Trinajstić information content (AvgIpc) is 2.83. The predicted molar refractivity (Wildman–Crippen MR) is 108 cm³/mol. The van der Waals surface area contributed by atoms with Gasteiger partial charge in [-0.1, -0.05) is 18.2 Å². The van der Waals surface area contributed by atoms with Crippen molar-refractivity contribution >= 4 is 35.0 Å². The van der Waals surface area contributed by atoms with Crippen LogP contribution in [0.1, 0.15) is 35.6 Å². The van der Waals surface area contributed by atoms with Gasteiger partial charge in [0.05, 0.1) is 35.7 Å². The van der Waals surface area contributed by atoms with E-state index in [4.69, 9.17) is 4.74 Å². The van der Waals surface area contributed by atoms with E-state index in [1.165, 1.54) is 19.1 Å². The predicted octanol–water partition coefficient (Wildman–Crippen LogP) is 5.05. The minimum atomic E-state index is -4.53. The maximum Gasteiger partial charge on any atom is 0.416 e. The van der Waals surface area contributed by atoms with E-state index in [0.717, 1.165) is 6.07 Å². The highest BCUT2D eigenvalue weighted by Crippen LogP contribution is 2.39. The monoisotopic (exact) mass is 416 g/mol. The summed E-state index contributed by atoms with van der Waals surface area (Å²) in [6, 6.07) is 9.22. The molecule has 156 valence electrons. The van der Waals surface area contributed by atoms with Crippen LogP contribution >= 0.6 is 0 Å². The molecule has 0 atom stereocenters. The summed E-state index contributed by atoms with van der Waals surface area (Å²) >= 11 is 0. The summed E-state index contributed by atoms with van der Waals surface area (Å²) in [5.74, 6) is -0.934. The molecule has 0 saturated carbocycles. The Morgan fingerprint density at radius 1 is 1.27 bits per heavy atom. The van der Waals surface area contributed by atoms with Crippen LogP contribution < -0.4 is 5.32 Å². The molecule has 1 aliphatic heterocycles. The summed E-state index contributed by atoms with van der Waals surface area (Å²) in [5, 5.41) is 2.50. The van der Waals surface area contributed by atoms with Gasteiger partial charge in [0.1, 0.15) is 0 Å². The molecule has 3 rings (SSSR count). The number of anilines is 1. The number of nitrogens with one attached hydrogen (secondary N) is 1. The summed E-state index contributed by atoms with van der Waals surface area (Å²) in [5.41, 5.74) is 1.22. The Bertz CT molecular complexity index is 1060. The lowest BCUT2D eigenvalue weighted by Crippen LogP contribution is -2.15. The topological polar surface area (TPSA) is 67.8 Å². The molecule has 30 heavy (non-hydrogen) atoms. The zero-order chi connectivity index (χ0) is 21.9. The smallest absolute Gasteiger partial charge is 0.416 e. The Morgan fingerprint density at radius 2 is 2.03 bits per heavy atom. The first kappa shape index (κ1) is 21.3. The lowest BCUT2D eigenvalue weighted by atomic mass is 10.0. The number of fused-ring (bicyclic) bond motifs is 1. The number of rotatable bonds is 4. The zero-order valence-electron chi connectivity index (χ0n) is 16.3. The number of benzene rings is 2. The normalized spacial score (nSPS) is 14.0. The highest BCUT2D eigenvalue weighted by molar-refractivity contribution is 6.17. The third kappa shape index (κ3) is 4.94. The number of amides is 1. The number of nitrogens with zero attached hydrogens (tertiary/aromatic N) is 1. The quantitative estimate of drug-likeness (QED) is 0.560. The molecule has 2 aromatic rings. The van der Waals surface area contributed by atoms with Crippen LogP contribution in [-0.2, 0) is 20.5 Å². The van der Waals surface area contributed by atoms with Crippen molar-refractivity contribution < 1.29 is 27.5 Å². The highest BCUT2D eigenvalue weighted by Gasteiger charge is 2.34. The van der Waals surface area contributed by atoms with Gasteiger partial charge in [0.25, 0.3) is 0 Å². The molecule has 0 unspecified atom stereocenters. The maximum atomic E-state index is 13.2. The van der Waals surface area contributed by atoms with Crippen LogP contribution in [0.25, 0.3) is 6.08 Å². The molecule has 1 aliphatic rings. The van der Waals surface area contributed by atoms with E-state index in [9.17, 15) is 22.8 Å². The molecule has 0 fully saturated rings. The van der Waals surface area contributed by atoms with Gasteiger partial charge in [0.2, 0.25) is 5.91 Å². The van der Waals surface area contributed by atoms with Crippen molar-refractivity contribution in [2.45, 2.75) is 26.4 Å². The first-order valence-electron chi connectivity index (χ1n) is 9.22. The third-order valence-corrected chi connectivity index (χ3v) is 4.42. The van der Waals surface area contributed by atoms with Crippen LogP contribution in [0.2, 0.25) is 0 Å². The summed E-state index contributed by atoms with van der Waals surface area (Å²) in [6.07, 6.45) is -1.75.